The fourth-order valence-electron chi connectivity index (χ4n) is 5.46. The molecule has 13 nitrogen and oxygen atoms in total. The molecule has 0 saturated carbocycles. The third kappa shape index (κ3) is 6.36. The number of imidazole rings is 1. The van der Waals surface area contributed by atoms with Crippen molar-refractivity contribution in [1.29, 1.82) is 0 Å². The Morgan fingerprint density at radius 1 is 1.10 bits per heavy atom. The lowest BCUT2D eigenvalue weighted by Gasteiger charge is -2.38. The number of nitrogens with one attached hydrogen (secondary N) is 1. The molecule has 2 aliphatic rings. The maximum absolute atomic E-state index is 12.4. The molecule has 3 aromatic rings. The molecule has 41 heavy (non-hydrogen) atoms. The first kappa shape index (κ1) is 29.7. The molecule has 4 heterocycles. The molecule has 15 heteroatoms. The summed E-state index contributed by atoms with van der Waals surface area (Å²) in [6.07, 6.45) is 2.16. The lowest BCUT2D eigenvalue weighted by molar-refractivity contribution is 0.122. The van der Waals surface area contributed by atoms with E-state index >= 15 is 0 Å². The Kier molecular flexibility index (Phi) is 9.44. The van der Waals surface area contributed by atoms with Gasteiger partial charge in [-0.15, -0.1) is 11.6 Å². The van der Waals surface area contributed by atoms with Gasteiger partial charge in [-0.05, 0) is 51.9 Å². The maximum atomic E-state index is 12.4. The molecule has 1 aromatic carbocycles. The fourth-order valence-corrected chi connectivity index (χ4v) is 6.78. The van der Waals surface area contributed by atoms with E-state index in [4.69, 9.17) is 41.0 Å². The van der Waals surface area contributed by atoms with Gasteiger partial charge < -0.3 is 24.6 Å². The quantitative estimate of drug-likeness (QED) is 0.253. The number of methoxy groups -OCH3 is 1. The Labute approximate surface area is 245 Å². The first-order valence-electron chi connectivity index (χ1n) is 13.9. The van der Waals surface area contributed by atoms with Crippen LogP contribution < -0.4 is 19.9 Å². The second kappa shape index (κ2) is 13.0. The molecule has 2 aromatic heterocycles. The molecule has 0 atom stereocenters. The maximum Gasteiger partial charge on any atom is 0.242 e. The number of morpholine rings is 1. The van der Waals surface area contributed by atoms with Crippen LogP contribution >= 0.6 is 11.6 Å². The molecule has 2 aliphatic heterocycles. The van der Waals surface area contributed by atoms with Gasteiger partial charge in [0.2, 0.25) is 27.9 Å². The van der Waals surface area contributed by atoms with Crippen molar-refractivity contribution in [3.63, 3.8) is 0 Å². The predicted octanol–water partition coefficient (Wildman–Crippen LogP) is 1.77. The predicted molar refractivity (Wildman–Crippen MR) is 159 cm³/mol. The highest BCUT2D eigenvalue weighted by Gasteiger charge is 2.32. The van der Waals surface area contributed by atoms with E-state index in [-0.39, 0.29) is 6.04 Å². The van der Waals surface area contributed by atoms with E-state index in [2.05, 4.69) is 15.1 Å². The van der Waals surface area contributed by atoms with E-state index in [1.54, 1.807) is 7.11 Å². The number of anilines is 2. The molecule has 224 valence electrons. The second-order valence-corrected chi connectivity index (χ2v) is 12.7. The van der Waals surface area contributed by atoms with E-state index < -0.39 is 15.2 Å². The monoisotopic (exact) mass is 607 g/mol. The zero-order valence-corrected chi connectivity index (χ0v) is 25.4. The molecule has 0 unspecified atom stereocenters. The summed E-state index contributed by atoms with van der Waals surface area (Å²) >= 11 is 5.73. The Balaban J connectivity index is 1.57. The first-order chi connectivity index (χ1) is 19.9. The molecule has 0 spiro atoms. The average molecular weight is 608 g/mol. The number of rotatable bonds is 11. The minimum Gasteiger partial charge on any atom is -0.494 e. The number of hydrogen-bond acceptors (Lipinski definition) is 11. The Hall–Kier alpha value is -2.78. The standard InChI is InChI=1S/C26H38ClN9O4S/c1-19-29-23-21(6-4-7-22(23)39-3)36(19)26-31-24(33-14-16-40-17-15-33)30-25(32-26)35(11-5-10-28-2)20-8-12-34(13-9-20)41(37,38)18-27/h4,6-7,20,28H,5,8-18H2,1-3H3. The van der Waals surface area contributed by atoms with E-state index in [9.17, 15) is 8.42 Å². The number of fused-ring (bicyclic) bond motifs is 1. The van der Waals surface area contributed by atoms with Crippen LogP contribution in [0.5, 0.6) is 5.75 Å². The number of hydrogen-bond donors (Lipinski definition) is 1. The van der Waals surface area contributed by atoms with Gasteiger partial charge in [-0.3, -0.25) is 4.57 Å². The van der Waals surface area contributed by atoms with Gasteiger partial charge in [0.1, 0.15) is 22.3 Å². The van der Waals surface area contributed by atoms with Gasteiger partial charge in [-0.1, -0.05) is 6.07 Å². The molecule has 1 N–H and O–H groups in total. The minimum absolute atomic E-state index is 0.0575. The number of piperidine rings is 1. The number of para-hydroxylation sites is 1. The number of alkyl halides is 1. The van der Waals surface area contributed by atoms with Gasteiger partial charge in [0.25, 0.3) is 0 Å². The van der Waals surface area contributed by atoms with Crippen molar-refractivity contribution in [3.8, 4) is 11.7 Å². The summed E-state index contributed by atoms with van der Waals surface area (Å²) in [6, 6.07) is 5.85. The van der Waals surface area contributed by atoms with Crippen LogP contribution in [0.3, 0.4) is 0 Å². The number of ether oxygens (including phenoxy) is 2. The number of halogens is 1. The van der Waals surface area contributed by atoms with E-state index in [1.165, 1.54) is 4.31 Å². The Bertz CT molecular complexity index is 1440. The Morgan fingerprint density at radius 3 is 2.51 bits per heavy atom. The third-order valence-corrected chi connectivity index (χ3v) is 9.86. The van der Waals surface area contributed by atoms with Crippen LogP contribution in [0.1, 0.15) is 25.1 Å². The number of nitrogens with zero attached hydrogens (tertiary/aromatic N) is 8. The number of aromatic nitrogens is 5. The van der Waals surface area contributed by atoms with E-state index in [1.807, 2.05) is 36.7 Å². The lowest BCUT2D eigenvalue weighted by Crippen LogP contribution is -2.48. The summed E-state index contributed by atoms with van der Waals surface area (Å²) in [6.45, 7) is 6.81. The zero-order chi connectivity index (χ0) is 29.0. The normalized spacial score (nSPS) is 17.3. The minimum atomic E-state index is -3.45. The molecular formula is C26H38ClN9O4S. The van der Waals surface area contributed by atoms with Crippen molar-refractivity contribution in [2.75, 3.05) is 81.7 Å². The van der Waals surface area contributed by atoms with Crippen LogP contribution in [0.4, 0.5) is 11.9 Å². The lowest BCUT2D eigenvalue weighted by atomic mass is 10.0. The van der Waals surface area contributed by atoms with Crippen molar-refractivity contribution >= 4 is 44.6 Å². The summed E-state index contributed by atoms with van der Waals surface area (Å²) in [5, 5.41) is 2.81. The molecular weight excluding hydrogens is 570 g/mol. The number of aryl methyl sites for hydroxylation is 1. The molecule has 0 radical (unpaired) electrons. The van der Waals surface area contributed by atoms with Crippen LogP contribution in [-0.2, 0) is 14.8 Å². The van der Waals surface area contributed by atoms with Gasteiger partial charge >= 0.3 is 0 Å². The number of benzene rings is 1. The van der Waals surface area contributed by atoms with Crippen molar-refractivity contribution < 1.29 is 17.9 Å². The molecule has 0 amide bonds. The van der Waals surface area contributed by atoms with E-state index in [0.717, 1.165) is 29.8 Å². The van der Waals surface area contributed by atoms with Gasteiger partial charge in [0, 0.05) is 38.8 Å². The average Bonchev–Trinajstić information content (AvgIpc) is 3.35. The highest BCUT2D eigenvalue weighted by atomic mass is 35.5. The van der Waals surface area contributed by atoms with Crippen molar-refractivity contribution in [1.82, 2.24) is 34.1 Å². The van der Waals surface area contributed by atoms with Crippen LogP contribution in [0.15, 0.2) is 18.2 Å². The molecule has 5 rings (SSSR count). The molecule has 2 fully saturated rings. The topological polar surface area (TPSA) is 131 Å². The molecule has 2 saturated heterocycles. The summed E-state index contributed by atoms with van der Waals surface area (Å²) < 4.78 is 39.4. The first-order valence-corrected chi connectivity index (χ1v) is 16.1. The summed E-state index contributed by atoms with van der Waals surface area (Å²) in [7, 11) is 0.107. The SMILES string of the molecule is CNCCCN(c1nc(N2CCOCC2)nc(-n2c(C)nc3c(OC)cccc32)n1)C1CCN(S(=O)(=O)CCl)CC1. The van der Waals surface area contributed by atoms with Crippen molar-refractivity contribution in [2.45, 2.75) is 32.2 Å². The fraction of sp³-hybridized carbons (Fsp3) is 0.615. The van der Waals surface area contributed by atoms with Crippen molar-refractivity contribution in [2.24, 2.45) is 0 Å². The van der Waals surface area contributed by atoms with Crippen LogP contribution in [0.25, 0.3) is 17.0 Å². The number of sulfonamides is 1. The highest BCUT2D eigenvalue weighted by molar-refractivity contribution is 7.90. The van der Waals surface area contributed by atoms with E-state index in [0.29, 0.717) is 82.4 Å². The van der Waals surface area contributed by atoms with Gasteiger partial charge in [0.15, 0.2) is 0 Å². The largest absolute Gasteiger partial charge is 0.494 e. The molecule has 0 aliphatic carbocycles. The zero-order valence-electron chi connectivity index (χ0n) is 23.8. The van der Waals surface area contributed by atoms with Gasteiger partial charge in [-0.2, -0.15) is 15.0 Å². The van der Waals surface area contributed by atoms with Gasteiger partial charge in [-0.25, -0.2) is 17.7 Å². The third-order valence-electron chi connectivity index (χ3n) is 7.61. The summed E-state index contributed by atoms with van der Waals surface area (Å²) in [5.41, 5.74) is 1.58. The smallest absolute Gasteiger partial charge is 0.242 e. The van der Waals surface area contributed by atoms with Gasteiger partial charge in [0.05, 0.1) is 25.8 Å². The summed E-state index contributed by atoms with van der Waals surface area (Å²) in [5.74, 6) is 3.04. The highest BCUT2D eigenvalue weighted by Crippen LogP contribution is 2.30. The van der Waals surface area contributed by atoms with Crippen LogP contribution in [-0.4, -0.2) is 115 Å². The van der Waals surface area contributed by atoms with Crippen LogP contribution in [0.2, 0.25) is 0 Å². The second-order valence-electron chi connectivity index (χ2n) is 10.2. The Morgan fingerprint density at radius 2 is 1.83 bits per heavy atom. The van der Waals surface area contributed by atoms with Crippen LogP contribution in [0, 0.1) is 6.92 Å². The summed E-state index contributed by atoms with van der Waals surface area (Å²) in [4.78, 5) is 24.1. The molecule has 0 bridgehead atoms. The van der Waals surface area contributed by atoms with Crippen molar-refractivity contribution in [3.05, 3.63) is 24.0 Å².